The minimum atomic E-state index is -0.397. The SMILES string of the molecule is Cc1ccc(CC2CONC(c3cc(C)ncc3Oc3cccc(C)c3F)=N2)c(Br)c1. The largest absolute Gasteiger partial charge is 0.452 e. The molecule has 3 aromatic rings. The molecule has 1 aliphatic heterocycles. The van der Waals surface area contributed by atoms with Gasteiger partial charge in [-0.1, -0.05) is 40.2 Å². The summed E-state index contributed by atoms with van der Waals surface area (Å²) < 4.78 is 21.4. The van der Waals surface area contributed by atoms with Gasteiger partial charge in [0, 0.05) is 10.2 Å². The summed E-state index contributed by atoms with van der Waals surface area (Å²) in [6, 6.07) is 13.1. The fourth-order valence-corrected chi connectivity index (χ4v) is 4.04. The molecule has 0 fully saturated rings. The first-order valence-corrected chi connectivity index (χ1v) is 10.8. The van der Waals surface area contributed by atoms with Crippen LogP contribution in [0.25, 0.3) is 0 Å². The van der Waals surface area contributed by atoms with Crippen LogP contribution in [-0.4, -0.2) is 23.5 Å². The first-order chi connectivity index (χ1) is 14.9. The van der Waals surface area contributed by atoms with Gasteiger partial charge < -0.3 is 4.74 Å². The van der Waals surface area contributed by atoms with Crippen molar-refractivity contribution >= 4 is 21.8 Å². The third kappa shape index (κ3) is 4.94. The number of halogens is 2. The van der Waals surface area contributed by atoms with E-state index in [1.807, 2.05) is 13.0 Å². The van der Waals surface area contributed by atoms with Gasteiger partial charge in [0.15, 0.2) is 23.2 Å². The zero-order valence-corrected chi connectivity index (χ0v) is 19.2. The van der Waals surface area contributed by atoms with Gasteiger partial charge in [0.25, 0.3) is 0 Å². The number of rotatable bonds is 5. The number of amidine groups is 1. The van der Waals surface area contributed by atoms with Gasteiger partial charge in [-0.3, -0.25) is 14.8 Å². The Morgan fingerprint density at radius 3 is 2.81 bits per heavy atom. The second-order valence-corrected chi connectivity index (χ2v) is 8.51. The molecule has 0 saturated carbocycles. The predicted molar refractivity (Wildman–Crippen MR) is 122 cm³/mol. The van der Waals surface area contributed by atoms with Crippen LogP contribution >= 0.6 is 15.9 Å². The number of hydroxylamine groups is 1. The maximum atomic E-state index is 14.5. The second kappa shape index (κ2) is 9.16. The van der Waals surface area contributed by atoms with Crippen LogP contribution in [0.4, 0.5) is 4.39 Å². The van der Waals surface area contributed by atoms with Crippen LogP contribution in [-0.2, 0) is 11.3 Å². The summed E-state index contributed by atoms with van der Waals surface area (Å²) in [5.41, 5.74) is 7.22. The Labute approximate surface area is 189 Å². The minimum Gasteiger partial charge on any atom is -0.452 e. The Morgan fingerprint density at radius 1 is 1.16 bits per heavy atom. The van der Waals surface area contributed by atoms with Crippen molar-refractivity contribution in [3.05, 3.63) is 86.9 Å². The minimum absolute atomic E-state index is 0.0766. The fourth-order valence-electron chi connectivity index (χ4n) is 3.38. The average molecular weight is 484 g/mol. The van der Waals surface area contributed by atoms with Crippen LogP contribution in [0.15, 0.2) is 58.1 Å². The zero-order chi connectivity index (χ0) is 22.0. The molecule has 0 amide bonds. The van der Waals surface area contributed by atoms with Gasteiger partial charge in [-0.2, -0.15) is 0 Å². The molecule has 160 valence electrons. The van der Waals surface area contributed by atoms with Crippen molar-refractivity contribution in [2.45, 2.75) is 33.2 Å². The molecule has 1 N–H and O–H groups in total. The van der Waals surface area contributed by atoms with Crippen LogP contribution in [0.2, 0.25) is 0 Å². The Balaban J connectivity index is 1.64. The molecule has 4 rings (SSSR count). The van der Waals surface area contributed by atoms with E-state index in [1.165, 1.54) is 5.56 Å². The average Bonchev–Trinajstić information content (AvgIpc) is 2.75. The summed E-state index contributed by atoms with van der Waals surface area (Å²) in [6.07, 6.45) is 2.30. The zero-order valence-electron chi connectivity index (χ0n) is 17.6. The quantitative estimate of drug-likeness (QED) is 0.513. The van der Waals surface area contributed by atoms with E-state index >= 15 is 0 Å². The third-order valence-electron chi connectivity index (χ3n) is 5.06. The lowest BCUT2D eigenvalue weighted by Gasteiger charge is -2.23. The van der Waals surface area contributed by atoms with Crippen LogP contribution in [0, 0.1) is 26.6 Å². The lowest BCUT2D eigenvalue weighted by molar-refractivity contribution is 0.0623. The summed E-state index contributed by atoms with van der Waals surface area (Å²) in [6.45, 7) is 6.08. The number of hydrogen-bond acceptors (Lipinski definition) is 5. The monoisotopic (exact) mass is 483 g/mol. The third-order valence-corrected chi connectivity index (χ3v) is 5.79. The van der Waals surface area contributed by atoms with Gasteiger partial charge in [0.1, 0.15) is 0 Å². The Hall–Kier alpha value is -2.77. The number of pyridine rings is 1. The van der Waals surface area contributed by atoms with E-state index in [0.717, 1.165) is 22.2 Å². The van der Waals surface area contributed by atoms with Gasteiger partial charge in [-0.25, -0.2) is 9.87 Å². The Kier molecular flexibility index (Phi) is 6.34. The van der Waals surface area contributed by atoms with Gasteiger partial charge >= 0.3 is 0 Å². The molecule has 0 aliphatic carbocycles. The molecule has 0 saturated heterocycles. The number of nitrogens with one attached hydrogen (secondary N) is 1. The maximum absolute atomic E-state index is 14.5. The smallest absolute Gasteiger partial charge is 0.168 e. The molecule has 0 bridgehead atoms. The maximum Gasteiger partial charge on any atom is 0.168 e. The first kappa shape index (κ1) is 21.5. The number of nitrogens with zero attached hydrogens (tertiary/aromatic N) is 2. The molecule has 7 heteroatoms. The van der Waals surface area contributed by atoms with Crippen LogP contribution < -0.4 is 10.2 Å². The number of aliphatic imine (C=N–C) groups is 1. The summed E-state index contributed by atoms with van der Waals surface area (Å²) in [5, 5.41) is 0. The summed E-state index contributed by atoms with van der Waals surface area (Å²) >= 11 is 3.64. The standard InChI is InChI=1S/C24H23BrFN3O2/c1-14-7-8-17(20(25)9-14)11-18-13-30-29-24(28-18)19-10-16(3)27-12-22(19)31-21-6-4-5-15(2)23(21)26/h4-10,12,18H,11,13H2,1-3H3,(H,28,29). The van der Waals surface area contributed by atoms with Crippen LogP contribution in [0.5, 0.6) is 11.5 Å². The van der Waals surface area contributed by atoms with E-state index in [1.54, 1.807) is 31.3 Å². The summed E-state index contributed by atoms with van der Waals surface area (Å²) in [4.78, 5) is 14.8. The molecule has 2 heterocycles. The van der Waals surface area contributed by atoms with E-state index in [2.05, 4.69) is 51.5 Å². The highest BCUT2D eigenvalue weighted by Crippen LogP contribution is 2.30. The molecule has 1 aliphatic rings. The van der Waals surface area contributed by atoms with Gasteiger partial charge in [-0.15, -0.1) is 0 Å². The molecular weight excluding hydrogens is 461 g/mol. The highest BCUT2D eigenvalue weighted by atomic mass is 79.9. The van der Waals surface area contributed by atoms with Crippen molar-refractivity contribution in [1.82, 2.24) is 10.5 Å². The van der Waals surface area contributed by atoms with E-state index in [9.17, 15) is 4.39 Å². The molecule has 2 aromatic carbocycles. The lowest BCUT2D eigenvalue weighted by atomic mass is 10.0. The van der Waals surface area contributed by atoms with Gasteiger partial charge in [-0.05, 0) is 62.1 Å². The molecule has 1 atom stereocenters. The van der Waals surface area contributed by atoms with Crippen molar-refractivity contribution in [2.75, 3.05) is 6.61 Å². The molecule has 31 heavy (non-hydrogen) atoms. The van der Waals surface area contributed by atoms with Crippen molar-refractivity contribution < 1.29 is 14.0 Å². The van der Waals surface area contributed by atoms with E-state index in [-0.39, 0.29) is 11.8 Å². The van der Waals surface area contributed by atoms with Crippen LogP contribution in [0.3, 0.4) is 0 Å². The van der Waals surface area contributed by atoms with Gasteiger partial charge in [0.05, 0.1) is 24.4 Å². The number of benzene rings is 2. The van der Waals surface area contributed by atoms with Crippen molar-refractivity contribution in [1.29, 1.82) is 0 Å². The predicted octanol–water partition coefficient (Wildman–Crippen LogP) is 5.59. The van der Waals surface area contributed by atoms with Gasteiger partial charge in [0.2, 0.25) is 0 Å². The fraction of sp³-hybridized carbons (Fsp3) is 0.250. The molecular formula is C24H23BrFN3O2. The van der Waals surface area contributed by atoms with E-state index in [4.69, 9.17) is 14.6 Å². The second-order valence-electron chi connectivity index (χ2n) is 7.65. The summed E-state index contributed by atoms with van der Waals surface area (Å²) in [7, 11) is 0. The number of hydrogen-bond donors (Lipinski definition) is 1. The molecule has 0 radical (unpaired) electrons. The summed E-state index contributed by atoms with van der Waals surface area (Å²) in [5.74, 6) is 0.686. The highest BCUT2D eigenvalue weighted by Gasteiger charge is 2.22. The molecule has 5 nitrogen and oxygen atoms in total. The normalized spacial score (nSPS) is 15.9. The molecule has 1 aromatic heterocycles. The number of aryl methyl sites for hydroxylation is 3. The molecule has 1 unspecified atom stereocenters. The van der Waals surface area contributed by atoms with E-state index < -0.39 is 5.82 Å². The van der Waals surface area contributed by atoms with Crippen molar-refractivity contribution in [3.63, 3.8) is 0 Å². The number of ether oxygens (including phenoxy) is 1. The van der Waals surface area contributed by atoms with Crippen molar-refractivity contribution in [3.8, 4) is 11.5 Å². The van der Waals surface area contributed by atoms with Crippen molar-refractivity contribution in [2.24, 2.45) is 4.99 Å². The topological polar surface area (TPSA) is 55.7 Å². The molecule has 0 spiro atoms. The Bertz CT molecular complexity index is 1150. The lowest BCUT2D eigenvalue weighted by Crippen LogP contribution is -2.37. The first-order valence-electron chi connectivity index (χ1n) is 10.0. The van der Waals surface area contributed by atoms with Crippen LogP contribution in [0.1, 0.15) is 27.9 Å². The Morgan fingerprint density at radius 2 is 2.00 bits per heavy atom. The van der Waals surface area contributed by atoms with E-state index in [0.29, 0.717) is 29.3 Å². The number of aromatic nitrogens is 1. The highest BCUT2D eigenvalue weighted by molar-refractivity contribution is 9.10.